The Kier molecular flexibility index (Phi) is 5.44. The molecule has 160 valence electrons. The molecule has 0 aromatic heterocycles. The van der Waals surface area contributed by atoms with Crippen LogP contribution in [0.2, 0.25) is 10.0 Å². The number of allylic oxidation sites excluding steroid dienone is 2. The summed E-state index contributed by atoms with van der Waals surface area (Å²) in [6.45, 7) is 4.00. The van der Waals surface area contributed by atoms with Gasteiger partial charge in [-0.25, -0.2) is 4.79 Å². The number of hydrogen-bond acceptors (Lipinski definition) is 3. The fourth-order valence-electron chi connectivity index (χ4n) is 4.52. The molecule has 0 saturated heterocycles. The van der Waals surface area contributed by atoms with Gasteiger partial charge in [0.25, 0.3) is 0 Å². The summed E-state index contributed by atoms with van der Waals surface area (Å²) in [5.74, 6) is -1.69. The molecule has 5 nitrogen and oxygen atoms in total. The van der Waals surface area contributed by atoms with Crippen LogP contribution in [0.1, 0.15) is 54.9 Å². The normalized spacial score (nSPS) is 20.6. The van der Waals surface area contributed by atoms with Gasteiger partial charge in [0.2, 0.25) is 5.91 Å². The molecule has 1 N–H and O–H groups in total. The van der Waals surface area contributed by atoms with E-state index in [1.807, 2.05) is 13.8 Å². The summed E-state index contributed by atoms with van der Waals surface area (Å²) in [6.07, 6.45) is 0.988. The van der Waals surface area contributed by atoms with Gasteiger partial charge in [-0.05, 0) is 47.7 Å². The van der Waals surface area contributed by atoms with Crippen molar-refractivity contribution < 1.29 is 19.5 Å². The third-order valence-corrected chi connectivity index (χ3v) is 6.71. The molecule has 1 aliphatic heterocycles. The number of carbonyl (C=O) groups excluding carboxylic acids is 2. The molecular formula is C24H21Cl2NO4. The van der Waals surface area contributed by atoms with Crippen LogP contribution in [-0.4, -0.2) is 22.8 Å². The number of benzene rings is 2. The molecule has 1 atom stereocenters. The van der Waals surface area contributed by atoms with Crippen LogP contribution < -0.4 is 4.90 Å². The number of ketones is 1. The molecule has 0 radical (unpaired) electrons. The van der Waals surface area contributed by atoms with Crippen LogP contribution in [-0.2, 0) is 9.59 Å². The molecule has 1 aliphatic carbocycles. The number of carboxylic acid groups (broad SMARTS) is 1. The highest BCUT2D eigenvalue weighted by Crippen LogP contribution is 2.49. The number of rotatable bonds is 3. The Morgan fingerprint density at radius 1 is 1.06 bits per heavy atom. The fourth-order valence-corrected chi connectivity index (χ4v) is 4.96. The van der Waals surface area contributed by atoms with Crippen LogP contribution in [0.4, 0.5) is 5.69 Å². The lowest BCUT2D eigenvalue weighted by Crippen LogP contribution is -2.43. The summed E-state index contributed by atoms with van der Waals surface area (Å²) < 4.78 is 0. The van der Waals surface area contributed by atoms with E-state index in [0.717, 1.165) is 0 Å². The van der Waals surface area contributed by atoms with Crippen LogP contribution in [0.3, 0.4) is 0 Å². The van der Waals surface area contributed by atoms with Crippen molar-refractivity contribution in [3.05, 3.63) is 74.9 Å². The van der Waals surface area contributed by atoms with Crippen LogP contribution in [0, 0.1) is 5.41 Å². The topological polar surface area (TPSA) is 74.7 Å². The Hall–Kier alpha value is -2.63. The number of anilines is 1. The van der Waals surface area contributed by atoms with Crippen molar-refractivity contribution in [1.29, 1.82) is 0 Å². The second-order valence-corrected chi connectivity index (χ2v) is 9.57. The standard InChI is InChI=1S/C24H21Cl2NO4/c1-24(2)11-18-21(19(28)12-24)16(15-4-3-5-17(25)22(15)26)10-20(29)27(18)14-8-6-13(7-9-14)23(30)31/h3-9,16H,10-12H2,1-2H3,(H,30,31). The third-order valence-electron chi connectivity index (χ3n) is 5.87. The summed E-state index contributed by atoms with van der Waals surface area (Å²) in [4.78, 5) is 39.4. The first-order chi connectivity index (χ1) is 14.6. The van der Waals surface area contributed by atoms with Gasteiger partial charge in [-0.15, -0.1) is 0 Å². The Balaban J connectivity index is 1.89. The van der Waals surface area contributed by atoms with Crippen molar-refractivity contribution >= 4 is 46.5 Å². The summed E-state index contributed by atoms with van der Waals surface area (Å²) in [7, 11) is 0. The maximum absolute atomic E-state index is 13.4. The van der Waals surface area contributed by atoms with Gasteiger partial charge < -0.3 is 5.11 Å². The molecule has 4 rings (SSSR count). The minimum Gasteiger partial charge on any atom is -0.478 e. The van der Waals surface area contributed by atoms with Gasteiger partial charge in [-0.2, -0.15) is 0 Å². The predicted molar refractivity (Wildman–Crippen MR) is 120 cm³/mol. The highest BCUT2D eigenvalue weighted by atomic mass is 35.5. The number of hydrogen-bond donors (Lipinski definition) is 1. The quantitative estimate of drug-likeness (QED) is 0.626. The monoisotopic (exact) mass is 457 g/mol. The second kappa shape index (κ2) is 7.81. The van der Waals surface area contributed by atoms with E-state index < -0.39 is 11.9 Å². The maximum Gasteiger partial charge on any atom is 0.335 e. The van der Waals surface area contributed by atoms with Crippen LogP contribution in [0.5, 0.6) is 0 Å². The molecule has 0 bridgehead atoms. The van der Waals surface area contributed by atoms with E-state index >= 15 is 0 Å². The Morgan fingerprint density at radius 3 is 2.39 bits per heavy atom. The van der Waals surface area contributed by atoms with Crippen molar-refractivity contribution in [1.82, 2.24) is 0 Å². The first kappa shape index (κ1) is 21.6. The highest BCUT2D eigenvalue weighted by molar-refractivity contribution is 6.42. The molecule has 2 aromatic rings. The van der Waals surface area contributed by atoms with Gasteiger partial charge in [0.05, 0.1) is 15.6 Å². The molecule has 0 fully saturated rings. The Labute approximate surface area is 190 Å². The zero-order valence-corrected chi connectivity index (χ0v) is 18.6. The largest absolute Gasteiger partial charge is 0.478 e. The SMILES string of the molecule is CC1(C)CC(=O)C2=C(C1)N(c1ccc(C(=O)O)cc1)C(=O)CC2c1cccc(Cl)c1Cl. The van der Waals surface area contributed by atoms with Crippen LogP contribution in [0.25, 0.3) is 0 Å². The Morgan fingerprint density at radius 2 is 1.74 bits per heavy atom. The number of carbonyl (C=O) groups is 3. The first-order valence-electron chi connectivity index (χ1n) is 9.95. The zero-order chi connectivity index (χ0) is 22.5. The van der Waals surface area contributed by atoms with E-state index in [9.17, 15) is 19.5 Å². The summed E-state index contributed by atoms with van der Waals surface area (Å²) >= 11 is 12.7. The molecule has 0 saturated carbocycles. The van der Waals surface area contributed by atoms with E-state index in [2.05, 4.69) is 0 Å². The van der Waals surface area contributed by atoms with Crippen LogP contribution in [0.15, 0.2) is 53.7 Å². The van der Waals surface area contributed by atoms with Gasteiger partial charge >= 0.3 is 5.97 Å². The average molecular weight is 458 g/mol. The fraction of sp³-hybridized carbons (Fsp3) is 0.292. The average Bonchev–Trinajstić information content (AvgIpc) is 2.68. The minimum atomic E-state index is -1.04. The molecular weight excluding hydrogens is 437 g/mol. The lowest BCUT2D eigenvalue weighted by molar-refractivity contribution is -0.121. The van der Waals surface area contributed by atoms with Gasteiger partial charge in [0.1, 0.15) is 0 Å². The van der Waals surface area contributed by atoms with Gasteiger partial charge in [-0.3, -0.25) is 14.5 Å². The minimum absolute atomic E-state index is 0.00746. The second-order valence-electron chi connectivity index (χ2n) is 8.78. The lowest BCUT2D eigenvalue weighted by atomic mass is 9.69. The van der Waals surface area contributed by atoms with E-state index in [0.29, 0.717) is 45.4 Å². The van der Waals surface area contributed by atoms with Crippen molar-refractivity contribution in [3.63, 3.8) is 0 Å². The molecule has 2 aromatic carbocycles. The summed E-state index contributed by atoms with van der Waals surface area (Å²) in [5.41, 5.74) is 2.28. The molecule has 2 aliphatic rings. The number of amides is 1. The predicted octanol–water partition coefficient (Wildman–Crippen LogP) is 5.86. The van der Waals surface area contributed by atoms with Gasteiger partial charge in [-0.1, -0.05) is 49.2 Å². The number of nitrogens with zero attached hydrogens (tertiary/aromatic N) is 1. The van der Waals surface area contributed by atoms with Gasteiger partial charge in [0, 0.05) is 35.7 Å². The summed E-state index contributed by atoms with van der Waals surface area (Å²) in [6, 6.07) is 11.4. The summed E-state index contributed by atoms with van der Waals surface area (Å²) in [5, 5.41) is 9.91. The van der Waals surface area contributed by atoms with Crippen LogP contribution >= 0.6 is 23.2 Å². The van der Waals surface area contributed by atoms with E-state index in [1.54, 1.807) is 35.2 Å². The molecule has 31 heavy (non-hydrogen) atoms. The number of aromatic carboxylic acids is 1. The smallest absolute Gasteiger partial charge is 0.335 e. The molecule has 1 amide bonds. The highest BCUT2D eigenvalue weighted by Gasteiger charge is 2.44. The van der Waals surface area contributed by atoms with Crippen molar-refractivity contribution in [3.8, 4) is 0 Å². The number of halogens is 2. The van der Waals surface area contributed by atoms with Crippen molar-refractivity contribution in [2.75, 3.05) is 4.90 Å². The number of carboxylic acids is 1. The molecule has 0 spiro atoms. The van der Waals surface area contributed by atoms with E-state index in [4.69, 9.17) is 23.2 Å². The molecule has 7 heteroatoms. The third kappa shape index (κ3) is 3.88. The van der Waals surface area contributed by atoms with E-state index in [1.165, 1.54) is 12.1 Å². The van der Waals surface area contributed by atoms with Gasteiger partial charge in [0.15, 0.2) is 5.78 Å². The molecule has 1 heterocycles. The number of Topliss-reactive ketones (excluding diaryl/α,β-unsaturated/α-hetero) is 1. The zero-order valence-electron chi connectivity index (χ0n) is 17.1. The Bertz CT molecular complexity index is 1130. The van der Waals surface area contributed by atoms with Crippen molar-refractivity contribution in [2.24, 2.45) is 5.41 Å². The maximum atomic E-state index is 13.4. The molecule has 1 unspecified atom stereocenters. The van der Waals surface area contributed by atoms with Crippen molar-refractivity contribution in [2.45, 2.75) is 39.0 Å². The van der Waals surface area contributed by atoms with E-state index in [-0.39, 0.29) is 29.1 Å². The lowest BCUT2D eigenvalue weighted by Gasteiger charge is -2.43. The first-order valence-corrected chi connectivity index (χ1v) is 10.7.